The summed E-state index contributed by atoms with van der Waals surface area (Å²) in [6.45, 7) is 1.73. The molecule has 0 aliphatic carbocycles. The zero-order valence-electron chi connectivity index (χ0n) is 11.5. The van der Waals surface area contributed by atoms with Crippen LogP contribution in [0.5, 0.6) is 0 Å². The van der Waals surface area contributed by atoms with Crippen molar-refractivity contribution in [2.45, 2.75) is 25.8 Å². The van der Waals surface area contributed by atoms with E-state index >= 15 is 0 Å². The molecule has 1 fully saturated rings. The molecule has 0 saturated carbocycles. The van der Waals surface area contributed by atoms with Crippen LogP contribution in [0, 0.1) is 0 Å². The Morgan fingerprint density at radius 2 is 2.05 bits per heavy atom. The smallest absolute Gasteiger partial charge is 0.329 e. The highest BCUT2D eigenvalue weighted by Gasteiger charge is 2.30. The van der Waals surface area contributed by atoms with Crippen molar-refractivity contribution < 1.29 is 14.4 Å². The Kier molecular flexibility index (Phi) is 4.65. The highest BCUT2D eigenvalue weighted by Crippen LogP contribution is 2.24. The van der Waals surface area contributed by atoms with Gasteiger partial charge in [0.15, 0.2) is 0 Å². The van der Waals surface area contributed by atoms with Gasteiger partial charge in [-0.1, -0.05) is 15.9 Å². The number of nitrogens with zero attached hydrogens (tertiary/aromatic N) is 2. The molecule has 1 aliphatic rings. The Hall–Kier alpha value is -1.56. The molecule has 1 saturated heterocycles. The predicted molar refractivity (Wildman–Crippen MR) is 79.0 cm³/mol. The summed E-state index contributed by atoms with van der Waals surface area (Å²) >= 11 is 3.40. The highest BCUT2D eigenvalue weighted by molar-refractivity contribution is 9.10. The molecule has 5 nitrogen and oxygen atoms in total. The van der Waals surface area contributed by atoms with Gasteiger partial charge in [-0.05, 0) is 30.7 Å². The molecule has 1 aliphatic heterocycles. The quantitative estimate of drug-likeness (QED) is 0.847. The number of benzene rings is 1. The van der Waals surface area contributed by atoms with Gasteiger partial charge in [-0.3, -0.25) is 9.59 Å². The van der Waals surface area contributed by atoms with Gasteiger partial charge in [-0.2, -0.15) is 5.06 Å². The summed E-state index contributed by atoms with van der Waals surface area (Å²) < 4.78 is 1.02. The molecule has 0 bridgehead atoms. The zero-order chi connectivity index (χ0) is 14.7. The second kappa shape index (κ2) is 6.26. The lowest BCUT2D eigenvalue weighted by atomic mass is 10.0. The third kappa shape index (κ3) is 3.50. The minimum Gasteiger partial charge on any atom is -0.371 e. The van der Waals surface area contributed by atoms with Gasteiger partial charge in [0.25, 0.3) is 5.91 Å². The molecular weight excluding hydrogens is 324 g/mol. The summed E-state index contributed by atoms with van der Waals surface area (Å²) in [6, 6.07) is 8.08. The minimum absolute atomic E-state index is 0.121. The molecule has 1 atom stereocenters. The first-order valence-electron chi connectivity index (χ1n) is 6.44. The van der Waals surface area contributed by atoms with E-state index in [9.17, 15) is 9.59 Å². The Balaban J connectivity index is 2.00. The fourth-order valence-corrected chi connectivity index (χ4v) is 2.53. The summed E-state index contributed by atoms with van der Waals surface area (Å²) in [5, 5.41) is 1.16. The number of piperidine rings is 1. The van der Waals surface area contributed by atoms with Crippen molar-refractivity contribution in [2.24, 2.45) is 0 Å². The van der Waals surface area contributed by atoms with Gasteiger partial charge in [-0.25, -0.2) is 0 Å². The van der Waals surface area contributed by atoms with Crippen LogP contribution >= 0.6 is 15.9 Å². The molecule has 0 aromatic heterocycles. The van der Waals surface area contributed by atoms with E-state index in [4.69, 9.17) is 4.84 Å². The van der Waals surface area contributed by atoms with Gasteiger partial charge < -0.3 is 9.74 Å². The Morgan fingerprint density at radius 1 is 1.40 bits per heavy atom. The summed E-state index contributed by atoms with van der Waals surface area (Å²) in [5.41, 5.74) is 1.06. The first-order chi connectivity index (χ1) is 9.47. The summed E-state index contributed by atoms with van der Waals surface area (Å²) in [6.07, 6.45) is 1.12. The van der Waals surface area contributed by atoms with E-state index in [1.54, 1.807) is 0 Å². The van der Waals surface area contributed by atoms with Crippen LogP contribution in [0.2, 0.25) is 0 Å². The van der Waals surface area contributed by atoms with Gasteiger partial charge in [0.1, 0.15) is 0 Å². The Morgan fingerprint density at radius 3 is 2.60 bits per heavy atom. The lowest BCUT2D eigenvalue weighted by Crippen LogP contribution is -2.47. The van der Waals surface area contributed by atoms with Gasteiger partial charge in [0.05, 0.1) is 13.0 Å². The van der Waals surface area contributed by atoms with Crippen molar-refractivity contribution >= 4 is 33.5 Å². The predicted octanol–water partition coefficient (Wildman–Crippen LogP) is 2.35. The molecule has 1 amide bonds. The van der Waals surface area contributed by atoms with Crippen LogP contribution in [-0.4, -0.2) is 36.6 Å². The molecule has 0 spiro atoms. The SMILES string of the molecule is CC(=O)ON1CCC(N(C)c2ccc(Br)cc2)CC1=O. The summed E-state index contributed by atoms with van der Waals surface area (Å²) in [4.78, 5) is 29.8. The molecule has 2 rings (SSSR count). The second-order valence-corrected chi connectivity index (χ2v) is 5.73. The number of carbonyl (C=O) groups is 2. The third-order valence-electron chi connectivity index (χ3n) is 3.37. The van der Waals surface area contributed by atoms with E-state index in [1.807, 2.05) is 31.3 Å². The van der Waals surface area contributed by atoms with Gasteiger partial charge in [0, 0.05) is 30.2 Å². The maximum Gasteiger partial charge on any atom is 0.329 e. The van der Waals surface area contributed by atoms with Crippen LogP contribution in [0.15, 0.2) is 28.7 Å². The van der Waals surface area contributed by atoms with Crippen LogP contribution in [0.3, 0.4) is 0 Å². The van der Waals surface area contributed by atoms with Crippen molar-refractivity contribution in [3.8, 4) is 0 Å². The number of hydrogen-bond donors (Lipinski definition) is 0. The van der Waals surface area contributed by atoms with Crippen molar-refractivity contribution in [2.75, 3.05) is 18.5 Å². The van der Waals surface area contributed by atoms with Gasteiger partial charge in [-0.15, -0.1) is 0 Å². The molecule has 0 radical (unpaired) electrons. The zero-order valence-corrected chi connectivity index (χ0v) is 13.1. The number of carbonyl (C=O) groups excluding carboxylic acids is 2. The number of rotatable bonds is 3. The number of hydrogen-bond acceptors (Lipinski definition) is 4. The highest BCUT2D eigenvalue weighted by atomic mass is 79.9. The molecule has 1 heterocycles. The lowest BCUT2D eigenvalue weighted by molar-refractivity contribution is -0.200. The molecule has 1 aromatic carbocycles. The van der Waals surface area contributed by atoms with Crippen LogP contribution in [0.4, 0.5) is 5.69 Å². The van der Waals surface area contributed by atoms with Gasteiger partial charge in [0.2, 0.25) is 0 Å². The Labute approximate surface area is 126 Å². The molecule has 6 heteroatoms. The topological polar surface area (TPSA) is 49.9 Å². The van der Waals surface area contributed by atoms with Crippen molar-refractivity contribution in [1.29, 1.82) is 0 Å². The third-order valence-corrected chi connectivity index (χ3v) is 3.90. The van der Waals surface area contributed by atoms with E-state index in [0.717, 1.165) is 21.6 Å². The van der Waals surface area contributed by atoms with Crippen molar-refractivity contribution in [3.63, 3.8) is 0 Å². The number of hydroxylamine groups is 2. The Bertz CT molecular complexity index is 504. The van der Waals surface area contributed by atoms with Gasteiger partial charge >= 0.3 is 5.97 Å². The fraction of sp³-hybridized carbons (Fsp3) is 0.429. The summed E-state index contributed by atoms with van der Waals surface area (Å²) in [7, 11) is 1.97. The van der Waals surface area contributed by atoms with Crippen LogP contribution in [0.1, 0.15) is 19.8 Å². The fourth-order valence-electron chi connectivity index (χ4n) is 2.27. The largest absolute Gasteiger partial charge is 0.371 e. The van der Waals surface area contributed by atoms with E-state index in [-0.39, 0.29) is 11.9 Å². The van der Waals surface area contributed by atoms with E-state index < -0.39 is 5.97 Å². The average molecular weight is 341 g/mol. The first kappa shape index (κ1) is 14.8. The van der Waals surface area contributed by atoms with Crippen molar-refractivity contribution in [1.82, 2.24) is 5.06 Å². The maximum absolute atomic E-state index is 11.9. The van der Waals surface area contributed by atoms with Crippen LogP contribution in [0.25, 0.3) is 0 Å². The average Bonchev–Trinajstić information content (AvgIpc) is 2.41. The molecule has 0 N–H and O–H groups in total. The monoisotopic (exact) mass is 340 g/mol. The molecular formula is C14H17BrN2O3. The molecule has 1 unspecified atom stereocenters. The van der Waals surface area contributed by atoms with E-state index in [0.29, 0.717) is 13.0 Å². The second-order valence-electron chi connectivity index (χ2n) is 4.81. The van der Waals surface area contributed by atoms with E-state index in [2.05, 4.69) is 20.8 Å². The number of halogens is 1. The maximum atomic E-state index is 11.9. The molecule has 1 aromatic rings. The first-order valence-corrected chi connectivity index (χ1v) is 7.24. The van der Waals surface area contributed by atoms with Crippen molar-refractivity contribution in [3.05, 3.63) is 28.7 Å². The minimum atomic E-state index is -0.460. The standard InChI is InChI=1S/C14H17BrN2O3/c1-10(18)20-17-8-7-13(9-14(17)19)16(2)12-5-3-11(15)4-6-12/h3-6,13H,7-9H2,1-2H3. The van der Waals surface area contributed by atoms with Crippen LogP contribution in [-0.2, 0) is 14.4 Å². The normalized spacial score (nSPS) is 18.9. The number of anilines is 1. The lowest BCUT2D eigenvalue weighted by Gasteiger charge is -2.36. The molecule has 108 valence electrons. The summed E-state index contributed by atoms with van der Waals surface area (Å²) in [5.74, 6) is -0.613. The van der Waals surface area contributed by atoms with Crippen LogP contribution < -0.4 is 4.90 Å². The van der Waals surface area contributed by atoms with E-state index in [1.165, 1.54) is 6.92 Å². The number of amides is 1. The molecule has 20 heavy (non-hydrogen) atoms.